The number of likely N-dealkylation sites (tertiary alicyclic amines) is 1. The van der Waals surface area contributed by atoms with E-state index in [1.54, 1.807) is 0 Å². The zero-order valence-corrected chi connectivity index (χ0v) is 7.92. The van der Waals surface area contributed by atoms with Crippen molar-refractivity contribution in [3.8, 4) is 0 Å². The first-order valence-corrected chi connectivity index (χ1v) is 4.64. The van der Waals surface area contributed by atoms with Crippen molar-refractivity contribution in [2.45, 2.75) is 20.3 Å². The summed E-state index contributed by atoms with van der Waals surface area (Å²) in [4.78, 5) is 13.3. The number of rotatable bonds is 3. The number of carbonyl (C=O) groups is 1. The molecule has 0 aromatic rings. The summed E-state index contributed by atoms with van der Waals surface area (Å²) in [6.07, 6.45) is 1.06. The van der Waals surface area contributed by atoms with Gasteiger partial charge in [0.05, 0.1) is 0 Å². The van der Waals surface area contributed by atoms with Crippen LogP contribution in [0.2, 0.25) is 0 Å². The second-order valence-electron chi connectivity index (χ2n) is 3.84. The first kappa shape index (κ1) is 9.52. The van der Waals surface area contributed by atoms with Crippen LogP contribution in [0.25, 0.3) is 0 Å². The molecule has 0 spiro atoms. The van der Waals surface area contributed by atoms with E-state index >= 15 is 0 Å². The van der Waals surface area contributed by atoms with Crippen LogP contribution in [0.3, 0.4) is 0 Å². The van der Waals surface area contributed by atoms with Gasteiger partial charge in [-0.25, -0.2) is 0 Å². The Morgan fingerprint density at radius 3 is 2.58 bits per heavy atom. The van der Waals surface area contributed by atoms with Crippen LogP contribution in [0.15, 0.2) is 0 Å². The Hall–Kier alpha value is -0.570. The molecule has 0 aromatic heterocycles. The molecule has 3 nitrogen and oxygen atoms in total. The van der Waals surface area contributed by atoms with Crippen molar-refractivity contribution in [3.05, 3.63) is 0 Å². The van der Waals surface area contributed by atoms with E-state index in [1.165, 1.54) is 0 Å². The Balaban J connectivity index is 2.20. The smallest absolute Gasteiger partial charge is 0.225 e. The van der Waals surface area contributed by atoms with Crippen LogP contribution in [0.4, 0.5) is 0 Å². The third kappa shape index (κ3) is 1.97. The van der Waals surface area contributed by atoms with E-state index in [2.05, 4.69) is 0 Å². The maximum absolute atomic E-state index is 11.4. The van der Waals surface area contributed by atoms with Gasteiger partial charge < -0.3 is 10.6 Å². The van der Waals surface area contributed by atoms with Crippen molar-refractivity contribution in [2.24, 2.45) is 17.6 Å². The largest absolute Gasteiger partial charge is 0.342 e. The Labute approximate surface area is 73.9 Å². The highest BCUT2D eigenvalue weighted by Crippen LogP contribution is 2.20. The molecule has 3 heteroatoms. The molecule has 1 rings (SSSR count). The molecule has 1 aliphatic heterocycles. The second-order valence-corrected chi connectivity index (χ2v) is 3.84. The fraction of sp³-hybridized carbons (Fsp3) is 0.889. The lowest BCUT2D eigenvalue weighted by molar-refractivity contribution is -0.140. The molecule has 0 bridgehead atoms. The van der Waals surface area contributed by atoms with Gasteiger partial charge in [0.1, 0.15) is 0 Å². The number of hydrogen-bond acceptors (Lipinski definition) is 2. The van der Waals surface area contributed by atoms with Gasteiger partial charge in [-0.1, -0.05) is 13.8 Å². The van der Waals surface area contributed by atoms with Crippen LogP contribution in [-0.2, 0) is 4.79 Å². The normalized spacial score (nSPS) is 18.2. The summed E-state index contributed by atoms with van der Waals surface area (Å²) in [7, 11) is 0. The standard InChI is InChI=1S/C9H18N2O/c1-7(2)9(12)11-5-8(6-11)3-4-10/h7-8H,3-6,10H2,1-2H3. The van der Waals surface area contributed by atoms with Crippen LogP contribution in [0.5, 0.6) is 0 Å². The molecular weight excluding hydrogens is 152 g/mol. The highest BCUT2D eigenvalue weighted by molar-refractivity contribution is 5.78. The van der Waals surface area contributed by atoms with Gasteiger partial charge in [0.25, 0.3) is 0 Å². The highest BCUT2D eigenvalue weighted by atomic mass is 16.2. The minimum absolute atomic E-state index is 0.142. The van der Waals surface area contributed by atoms with E-state index < -0.39 is 0 Å². The molecule has 0 aliphatic carbocycles. The van der Waals surface area contributed by atoms with Crippen molar-refractivity contribution < 1.29 is 4.79 Å². The van der Waals surface area contributed by atoms with Crippen LogP contribution < -0.4 is 5.73 Å². The minimum atomic E-state index is 0.142. The maximum atomic E-state index is 11.4. The van der Waals surface area contributed by atoms with Crippen molar-refractivity contribution in [3.63, 3.8) is 0 Å². The summed E-state index contributed by atoms with van der Waals surface area (Å²) in [5, 5.41) is 0. The van der Waals surface area contributed by atoms with Crippen LogP contribution in [0, 0.1) is 11.8 Å². The predicted molar refractivity (Wildman–Crippen MR) is 48.6 cm³/mol. The summed E-state index contributed by atoms with van der Waals surface area (Å²) in [6.45, 7) is 6.48. The Morgan fingerprint density at radius 1 is 1.58 bits per heavy atom. The lowest BCUT2D eigenvalue weighted by atomic mass is 9.95. The molecule has 1 heterocycles. The Morgan fingerprint density at radius 2 is 2.17 bits per heavy atom. The van der Waals surface area contributed by atoms with Gasteiger partial charge in [-0.3, -0.25) is 4.79 Å². The highest BCUT2D eigenvalue weighted by Gasteiger charge is 2.30. The minimum Gasteiger partial charge on any atom is -0.342 e. The molecule has 1 saturated heterocycles. The predicted octanol–water partition coefficient (Wildman–Crippen LogP) is 0.450. The van der Waals surface area contributed by atoms with E-state index in [0.717, 1.165) is 26.1 Å². The summed E-state index contributed by atoms with van der Waals surface area (Å²) in [6, 6.07) is 0. The van der Waals surface area contributed by atoms with Crippen LogP contribution in [-0.4, -0.2) is 30.4 Å². The quantitative estimate of drug-likeness (QED) is 0.668. The third-order valence-electron chi connectivity index (χ3n) is 2.34. The van der Waals surface area contributed by atoms with Gasteiger partial charge in [-0.05, 0) is 18.9 Å². The Bertz CT molecular complexity index is 162. The molecule has 1 fully saturated rings. The molecule has 2 N–H and O–H groups in total. The molecule has 0 aromatic carbocycles. The monoisotopic (exact) mass is 170 g/mol. The summed E-state index contributed by atoms with van der Waals surface area (Å²) in [5.74, 6) is 1.09. The fourth-order valence-corrected chi connectivity index (χ4v) is 1.53. The fourth-order valence-electron chi connectivity index (χ4n) is 1.53. The van der Waals surface area contributed by atoms with Crippen molar-refractivity contribution in [1.29, 1.82) is 0 Å². The zero-order valence-electron chi connectivity index (χ0n) is 7.92. The number of amides is 1. The molecule has 0 saturated carbocycles. The molecule has 0 atom stereocenters. The second kappa shape index (κ2) is 3.90. The number of nitrogens with two attached hydrogens (primary N) is 1. The average Bonchev–Trinajstić information content (AvgIpc) is 1.94. The molecule has 1 amide bonds. The molecular formula is C9H18N2O. The molecule has 1 aliphatic rings. The maximum Gasteiger partial charge on any atom is 0.225 e. The van der Waals surface area contributed by atoms with Gasteiger partial charge in [0.2, 0.25) is 5.91 Å². The van der Waals surface area contributed by atoms with Crippen molar-refractivity contribution in [1.82, 2.24) is 4.90 Å². The van der Waals surface area contributed by atoms with Crippen LogP contribution in [0.1, 0.15) is 20.3 Å². The Kier molecular flexibility index (Phi) is 3.09. The molecule has 0 radical (unpaired) electrons. The topological polar surface area (TPSA) is 46.3 Å². The van der Waals surface area contributed by atoms with E-state index in [-0.39, 0.29) is 11.8 Å². The number of hydrogen-bond donors (Lipinski definition) is 1. The van der Waals surface area contributed by atoms with E-state index in [4.69, 9.17) is 5.73 Å². The summed E-state index contributed by atoms with van der Waals surface area (Å²) >= 11 is 0. The van der Waals surface area contributed by atoms with Crippen molar-refractivity contribution >= 4 is 5.91 Å². The van der Waals surface area contributed by atoms with Gasteiger partial charge in [-0.2, -0.15) is 0 Å². The zero-order chi connectivity index (χ0) is 9.14. The lowest BCUT2D eigenvalue weighted by Crippen LogP contribution is -2.51. The van der Waals surface area contributed by atoms with E-state index in [9.17, 15) is 4.79 Å². The molecule has 12 heavy (non-hydrogen) atoms. The molecule has 0 unspecified atom stereocenters. The van der Waals surface area contributed by atoms with Gasteiger partial charge in [-0.15, -0.1) is 0 Å². The third-order valence-corrected chi connectivity index (χ3v) is 2.34. The SMILES string of the molecule is CC(C)C(=O)N1CC(CCN)C1. The van der Waals surface area contributed by atoms with E-state index in [1.807, 2.05) is 18.7 Å². The van der Waals surface area contributed by atoms with Gasteiger partial charge in [0, 0.05) is 19.0 Å². The van der Waals surface area contributed by atoms with E-state index in [0.29, 0.717) is 5.92 Å². The van der Waals surface area contributed by atoms with Crippen LogP contribution >= 0.6 is 0 Å². The first-order chi connectivity index (χ1) is 5.65. The number of carbonyl (C=O) groups excluding carboxylic acids is 1. The van der Waals surface area contributed by atoms with Gasteiger partial charge >= 0.3 is 0 Å². The van der Waals surface area contributed by atoms with Gasteiger partial charge in [0.15, 0.2) is 0 Å². The average molecular weight is 170 g/mol. The summed E-state index contributed by atoms with van der Waals surface area (Å²) in [5.41, 5.74) is 5.42. The summed E-state index contributed by atoms with van der Waals surface area (Å²) < 4.78 is 0. The van der Waals surface area contributed by atoms with Crippen molar-refractivity contribution in [2.75, 3.05) is 19.6 Å². The number of nitrogens with zero attached hydrogens (tertiary/aromatic N) is 1. The lowest BCUT2D eigenvalue weighted by Gasteiger charge is -2.40. The first-order valence-electron chi connectivity index (χ1n) is 4.64. The molecule has 70 valence electrons.